The second kappa shape index (κ2) is 6.18. The van der Waals surface area contributed by atoms with Crippen molar-refractivity contribution in [1.82, 2.24) is 10.6 Å². The predicted molar refractivity (Wildman–Crippen MR) is 69.1 cm³/mol. The Kier molecular flexibility index (Phi) is 4.32. The van der Waals surface area contributed by atoms with Gasteiger partial charge in [-0.3, -0.25) is 4.79 Å². The highest BCUT2D eigenvalue weighted by Gasteiger charge is 2.15. The fourth-order valence-corrected chi connectivity index (χ4v) is 2.14. The van der Waals surface area contributed by atoms with E-state index in [4.69, 9.17) is 5.26 Å². The molecule has 1 aromatic carbocycles. The number of nitriles is 1. The third-order valence-corrected chi connectivity index (χ3v) is 3.14. The topological polar surface area (TPSA) is 64.9 Å². The van der Waals surface area contributed by atoms with Crippen molar-refractivity contribution in [3.05, 3.63) is 35.4 Å². The van der Waals surface area contributed by atoms with Crippen LogP contribution in [-0.4, -0.2) is 25.0 Å². The number of benzene rings is 1. The molecule has 18 heavy (non-hydrogen) atoms. The van der Waals surface area contributed by atoms with E-state index in [1.807, 2.05) is 6.07 Å². The normalized spacial score (nSPS) is 19.6. The van der Waals surface area contributed by atoms with Crippen molar-refractivity contribution >= 4 is 5.91 Å². The van der Waals surface area contributed by atoms with E-state index in [9.17, 15) is 4.79 Å². The number of hydrogen-bond donors (Lipinski definition) is 2. The van der Waals surface area contributed by atoms with E-state index >= 15 is 0 Å². The predicted octanol–water partition coefficient (Wildman–Crippen LogP) is 1.43. The Labute approximate surface area is 107 Å². The van der Waals surface area contributed by atoms with Crippen molar-refractivity contribution in [3.8, 4) is 6.07 Å². The first-order valence-corrected chi connectivity index (χ1v) is 6.31. The number of carbonyl (C=O) groups is 1. The number of amides is 1. The lowest BCUT2D eigenvalue weighted by Gasteiger charge is -2.16. The molecule has 0 saturated carbocycles. The molecule has 2 rings (SSSR count). The van der Waals surface area contributed by atoms with Gasteiger partial charge in [0.2, 0.25) is 0 Å². The van der Waals surface area contributed by atoms with Crippen LogP contribution in [-0.2, 0) is 0 Å². The molecule has 0 bridgehead atoms. The molecule has 2 N–H and O–H groups in total. The molecule has 1 fully saturated rings. The first-order valence-electron chi connectivity index (χ1n) is 6.31. The summed E-state index contributed by atoms with van der Waals surface area (Å²) in [4.78, 5) is 12.0. The number of hydrogen-bond acceptors (Lipinski definition) is 3. The second-order valence-corrected chi connectivity index (χ2v) is 4.56. The fraction of sp³-hybridized carbons (Fsp3) is 0.429. The monoisotopic (exact) mass is 243 g/mol. The molecule has 1 aromatic rings. The van der Waals surface area contributed by atoms with Crippen LogP contribution in [0.25, 0.3) is 0 Å². The number of rotatable bonds is 2. The van der Waals surface area contributed by atoms with Crippen LogP contribution in [0.3, 0.4) is 0 Å². The molecular weight excluding hydrogens is 226 g/mol. The zero-order valence-electron chi connectivity index (χ0n) is 10.3. The summed E-state index contributed by atoms with van der Waals surface area (Å²) in [6.07, 6.45) is 3.31. The number of nitrogens with zero attached hydrogens (tertiary/aromatic N) is 1. The minimum atomic E-state index is -0.0965. The van der Waals surface area contributed by atoms with E-state index in [2.05, 4.69) is 10.6 Å². The molecule has 1 amide bonds. The summed E-state index contributed by atoms with van der Waals surface area (Å²) in [6, 6.07) is 9.02. The van der Waals surface area contributed by atoms with Crippen LogP contribution in [0.5, 0.6) is 0 Å². The minimum absolute atomic E-state index is 0.0965. The first-order chi connectivity index (χ1) is 8.79. The molecule has 4 nitrogen and oxygen atoms in total. The Bertz CT molecular complexity index is 456. The van der Waals surface area contributed by atoms with E-state index in [1.54, 1.807) is 24.3 Å². The molecule has 0 aliphatic carbocycles. The fourth-order valence-electron chi connectivity index (χ4n) is 2.14. The highest BCUT2D eigenvalue weighted by molar-refractivity contribution is 5.94. The van der Waals surface area contributed by atoms with Crippen molar-refractivity contribution in [3.63, 3.8) is 0 Å². The highest BCUT2D eigenvalue weighted by atomic mass is 16.1. The van der Waals surface area contributed by atoms with Crippen LogP contribution in [0.15, 0.2) is 24.3 Å². The van der Waals surface area contributed by atoms with E-state index in [1.165, 1.54) is 0 Å². The van der Waals surface area contributed by atoms with Crippen molar-refractivity contribution in [2.45, 2.75) is 25.3 Å². The lowest BCUT2D eigenvalue weighted by atomic mass is 10.1. The van der Waals surface area contributed by atoms with Gasteiger partial charge >= 0.3 is 0 Å². The Hall–Kier alpha value is -1.86. The number of carbonyl (C=O) groups excluding carboxylic acids is 1. The van der Waals surface area contributed by atoms with Crippen LogP contribution in [0.4, 0.5) is 0 Å². The third kappa shape index (κ3) is 3.31. The average Bonchev–Trinajstić information content (AvgIpc) is 2.67. The lowest BCUT2D eigenvalue weighted by molar-refractivity contribution is 0.0935. The standard InChI is InChI=1S/C14H17N3O/c15-9-11-4-3-5-12(8-11)14(18)17-13-6-1-2-7-16-10-13/h3-5,8,13,16H,1-2,6-7,10H2,(H,17,18). The summed E-state index contributed by atoms with van der Waals surface area (Å²) in [5.41, 5.74) is 1.07. The third-order valence-electron chi connectivity index (χ3n) is 3.14. The zero-order valence-corrected chi connectivity index (χ0v) is 10.3. The van der Waals surface area contributed by atoms with Gasteiger partial charge in [-0.1, -0.05) is 12.5 Å². The molecule has 0 radical (unpaired) electrons. The molecule has 1 saturated heterocycles. The Morgan fingerprint density at radius 3 is 3.17 bits per heavy atom. The Balaban J connectivity index is 2.00. The van der Waals surface area contributed by atoms with Crippen LogP contribution in [0.2, 0.25) is 0 Å². The van der Waals surface area contributed by atoms with Crippen LogP contribution < -0.4 is 10.6 Å². The maximum absolute atomic E-state index is 12.0. The molecule has 94 valence electrons. The summed E-state index contributed by atoms with van der Waals surface area (Å²) in [6.45, 7) is 1.85. The largest absolute Gasteiger partial charge is 0.348 e. The van der Waals surface area contributed by atoms with Crippen molar-refractivity contribution < 1.29 is 4.79 Å². The van der Waals surface area contributed by atoms with Crippen LogP contribution in [0.1, 0.15) is 35.2 Å². The summed E-state index contributed by atoms with van der Waals surface area (Å²) in [5.74, 6) is -0.0965. The molecule has 4 heteroatoms. The maximum Gasteiger partial charge on any atom is 0.251 e. The summed E-state index contributed by atoms with van der Waals surface area (Å²) in [5, 5.41) is 15.1. The Morgan fingerprint density at radius 1 is 1.44 bits per heavy atom. The van der Waals surface area contributed by atoms with Crippen LogP contribution >= 0.6 is 0 Å². The minimum Gasteiger partial charge on any atom is -0.348 e. The first kappa shape index (κ1) is 12.6. The molecule has 1 aliphatic heterocycles. The zero-order chi connectivity index (χ0) is 12.8. The second-order valence-electron chi connectivity index (χ2n) is 4.56. The van der Waals surface area contributed by atoms with E-state index in [-0.39, 0.29) is 11.9 Å². The number of nitrogens with one attached hydrogen (secondary N) is 2. The average molecular weight is 243 g/mol. The summed E-state index contributed by atoms with van der Waals surface area (Å²) >= 11 is 0. The molecule has 1 unspecified atom stereocenters. The molecule has 1 atom stereocenters. The van der Waals surface area contributed by atoms with Gasteiger partial charge in [-0.25, -0.2) is 0 Å². The van der Waals surface area contributed by atoms with Gasteiger partial charge in [0.05, 0.1) is 11.6 Å². The van der Waals surface area contributed by atoms with Gasteiger partial charge in [0.25, 0.3) is 5.91 Å². The van der Waals surface area contributed by atoms with Crippen molar-refractivity contribution in [2.24, 2.45) is 0 Å². The summed E-state index contributed by atoms with van der Waals surface area (Å²) in [7, 11) is 0. The highest BCUT2D eigenvalue weighted by Crippen LogP contribution is 2.07. The molecule has 0 aromatic heterocycles. The van der Waals surface area contributed by atoms with Gasteiger partial charge in [-0.05, 0) is 37.6 Å². The lowest BCUT2D eigenvalue weighted by Crippen LogP contribution is -2.40. The summed E-state index contributed by atoms with van der Waals surface area (Å²) < 4.78 is 0. The van der Waals surface area contributed by atoms with Gasteiger partial charge < -0.3 is 10.6 Å². The van der Waals surface area contributed by atoms with E-state index in [0.717, 1.165) is 32.4 Å². The van der Waals surface area contributed by atoms with Gasteiger partial charge in [-0.2, -0.15) is 5.26 Å². The smallest absolute Gasteiger partial charge is 0.251 e. The van der Waals surface area contributed by atoms with Gasteiger partial charge in [0.1, 0.15) is 0 Å². The van der Waals surface area contributed by atoms with Gasteiger partial charge in [0.15, 0.2) is 0 Å². The molecule has 1 heterocycles. The van der Waals surface area contributed by atoms with Crippen molar-refractivity contribution in [1.29, 1.82) is 5.26 Å². The van der Waals surface area contributed by atoms with Crippen LogP contribution in [0, 0.1) is 11.3 Å². The van der Waals surface area contributed by atoms with E-state index in [0.29, 0.717) is 11.1 Å². The maximum atomic E-state index is 12.0. The van der Waals surface area contributed by atoms with Gasteiger partial charge in [-0.15, -0.1) is 0 Å². The van der Waals surface area contributed by atoms with Gasteiger partial charge in [0, 0.05) is 18.2 Å². The molecule has 0 spiro atoms. The van der Waals surface area contributed by atoms with Crippen molar-refractivity contribution in [2.75, 3.05) is 13.1 Å². The Morgan fingerprint density at radius 2 is 2.33 bits per heavy atom. The quantitative estimate of drug-likeness (QED) is 0.826. The SMILES string of the molecule is N#Cc1cccc(C(=O)NC2CCCCNC2)c1. The van der Waals surface area contributed by atoms with E-state index < -0.39 is 0 Å². The molecule has 1 aliphatic rings. The molecular formula is C14H17N3O.